The molecule has 0 aliphatic carbocycles. The molecule has 0 radical (unpaired) electrons. The van der Waals surface area contributed by atoms with E-state index in [1.807, 2.05) is 61.9 Å². The van der Waals surface area contributed by atoms with Crippen molar-refractivity contribution in [3.05, 3.63) is 77.2 Å². The Labute approximate surface area is 163 Å². The summed E-state index contributed by atoms with van der Waals surface area (Å²) in [7, 11) is 0. The average Bonchev–Trinajstić information content (AvgIpc) is 3.27. The second-order valence-electron chi connectivity index (χ2n) is 6.73. The van der Waals surface area contributed by atoms with Gasteiger partial charge in [-0.2, -0.15) is 5.10 Å². The van der Waals surface area contributed by atoms with E-state index in [4.69, 9.17) is 4.42 Å². The highest BCUT2D eigenvalue weighted by molar-refractivity contribution is 5.57. The molecule has 0 amide bonds. The van der Waals surface area contributed by atoms with Crippen molar-refractivity contribution in [2.24, 2.45) is 0 Å². The standard InChI is InChI=1S/C21H22N6O/c1-14-7-4-5-10-19(14)21-25-24-20(28-21)12-22-18-9-6-8-17(11-18)13-27-16(3)23-15(2)26-27/h4-11,22H,12-13H2,1-3H3. The molecule has 4 rings (SSSR count). The van der Waals surface area contributed by atoms with Gasteiger partial charge in [0, 0.05) is 11.3 Å². The van der Waals surface area contributed by atoms with Crippen LogP contribution in [0.5, 0.6) is 0 Å². The third-order valence-corrected chi connectivity index (χ3v) is 4.51. The van der Waals surface area contributed by atoms with E-state index in [9.17, 15) is 0 Å². The first-order valence-electron chi connectivity index (χ1n) is 9.18. The molecule has 0 saturated heterocycles. The predicted molar refractivity (Wildman–Crippen MR) is 107 cm³/mol. The van der Waals surface area contributed by atoms with Crippen LogP contribution in [-0.2, 0) is 13.1 Å². The van der Waals surface area contributed by atoms with Crippen LogP contribution in [-0.4, -0.2) is 25.0 Å². The van der Waals surface area contributed by atoms with Gasteiger partial charge < -0.3 is 9.73 Å². The summed E-state index contributed by atoms with van der Waals surface area (Å²) in [6.45, 7) is 7.03. The quantitative estimate of drug-likeness (QED) is 0.551. The summed E-state index contributed by atoms with van der Waals surface area (Å²) in [5.74, 6) is 2.78. The minimum Gasteiger partial charge on any atom is -0.419 e. The Morgan fingerprint density at radius 3 is 2.64 bits per heavy atom. The summed E-state index contributed by atoms with van der Waals surface area (Å²) in [4.78, 5) is 4.35. The van der Waals surface area contributed by atoms with Gasteiger partial charge in [-0.1, -0.05) is 30.3 Å². The fourth-order valence-electron chi connectivity index (χ4n) is 3.09. The first kappa shape index (κ1) is 17.9. The van der Waals surface area contributed by atoms with E-state index in [0.29, 0.717) is 24.9 Å². The summed E-state index contributed by atoms with van der Waals surface area (Å²) in [5, 5.41) is 16.1. The molecule has 0 aliphatic rings. The third-order valence-electron chi connectivity index (χ3n) is 4.51. The molecule has 4 aromatic rings. The molecule has 2 aromatic heterocycles. The van der Waals surface area contributed by atoms with Crippen molar-refractivity contribution < 1.29 is 4.42 Å². The summed E-state index contributed by atoms with van der Waals surface area (Å²) < 4.78 is 7.71. The van der Waals surface area contributed by atoms with Crippen LogP contribution in [0.25, 0.3) is 11.5 Å². The van der Waals surface area contributed by atoms with Gasteiger partial charge in [-0.05, 0) is 50.1 Å². The Hall–Kier alpha value is -3.48. The van der Waals surface area contributed by atoms with Gasteiger partial charge in [-0.25, -0.2) is 9.67 Å². The van der Waals surface area contributed by atoms with E-state index in [0.717, 1.165) is 34.0 Å². The van der Waals surface area contributed by atoms with Crippen molar-refractivity contribution in [3.63, 3.8) is 0 Å². The first-order chi connectivity index (χ1) is 13.6. The van der Waals surface area contributed by atoms with Gasteiger partial charge in [0.2, 0.25) is 11.8 Å². The number of anilines is 1. The van der Waals surface area contributed by atoms with E-state index in [1.165, 1.54) is 0 Å². The van der Waals surface area contributed by atoms with Crippen molar-refractivity contribution in [2.45, 2.75) is 33.9 Å². The molecular weight excluding hydrogens is 352 g/mol. The number of nitrogens with one attached hydrogen (secondary N) is 1. The Morgan fingerprint density at radius 2 is 1.86 bits per heavy atom. The number of aromatic nitrogens is 5. The van der Waals surface area contributed by atoms with Crippen LogP contribution in [0.15, 0.2) is 52.9 Å². The highest BCUT2D eigenvalue weighted by Crippen LogP contribution is 2.22. The molecule has 0 bridgehead atoms. The monoisotopic (exact) mass is 374 g/mol. The molecule has 142 valence electrons. The van der Waals surface area contributed by atoms with E-state index in [1.54, 1.807) is 0 Å². The van der Waals surface area contributed by atoms with Crippen molar-refractivity contribution in [2.75, 3.05) is 5.32 Å². The molecule has 0 saturated carbocycles. The zero-order valence-electron chi connectivity index (χ0n) is 16.2. The molecule has 2 heterocycles. The number of hydrogen-bond donors (Lipinski definition) is 1. The molecule has 0 aliphatic heterocycles. The third kappa shape index (κ3) is 3.93. The van der Waals surface area contributed by atoms with Crippen LogP contribution in [0.3, 0.4) is 0 Å². The van der Waals surface area contributed by atoms with Gasteiger partial charge in [0.05, 0.1) is 13.1 Å². The van der Waals surface area contributed by atoms with Crippen LogP contribution < -0.4 is 5.32 Å². The number of aryl methyl sites for hydroxylation is 3. The summed E-state index contributed by atoms with van der Waals surface area (Å²) in [6, 6.07) is 16.2. The molecular formula is C21H22N6O. The molecule has 0 fully saturated rings. The second-order valence-corrected chi connectivity index (χ2v) is 6.73. The maximum Gasteiger partial charge on any atom is 0.248 e. The number of nitrogens with zero attached hydrogens (tertiary/aromatic N) is 5. The maximum absolute atomic E-state index is 5.81. The fraction of sp³-hybridized carbons (Fsp3) is 0.238. The lowest BCUT2D eigenvalue weighted by Crippen LogP contribution is -2.05. The van der Waals surface area contributed by atoms with Crippen LogP contribution in [0.1, 0.15) is 28.7 Å². The highest BCUT2D eigenvalue weighted by Gasteiger charge is 2.10. The summed E-state index contributed by atoms with van der Waals surface area (Å²) in [6.07, 6.45) is 0. The molecule has 7 heteroatoms. The molecule has 28 heavy (non-hydrogen) atoms. The normalized spacial score (nSPS) is 11.0. The smallest absolute Gasteiger partial charge is 0.248 e. The first-order valence-corrected chi connectivity index (χ1v) is 9.18. The topological polar surface area (TPSA) is 81.7 Å². The van der Waals surface area contributed by atoms with Gasteiger partial charge in [0.25, 0.3) is 0 Å². The largest absolute Gasteiger partial charge is 0.419 e. The van der Waals surface area contributed by atoms with Crippen molar-refractivity contribution in [1.29, 1.82) is 0 Å². The van der Waals surface area contributed by atoms with Gasteiger partial charge >= 0.3 is 0 Å². The second kappa shape index (κ2) is 7.64. The summed E-state index contributed by atoms with van der Waals surface area (Å²) >= 11 is 0. The Kier molecular flexibility index (Phi) is 4.89. The molecule has 0 atom stereocenters. The Morgan fingerprint density at radius 1 is 1.00 bits per heavy atom. The van der Waals surface area contributed by atoms with E-state index in [-0.39, 0.29) is 0 Å². The lowest BCUT2D eigenvalue weighted by Gasteiger charge is -2.07. The van der Waals surface area contributed by atoms with Crippen LogP contribution in [0.4, 0.5) is 5.69 Å². The highest BCUT2D eigenvalue weighted by atomic mass is 16.4. The van der Waals surface area contributed by atoms with Crippen molar-refractivity contribution in [3.8, 4) is 11.5 Å². The maximum atomic E-state index is 5.81. The van der Waals surface area contributed by atoms with Gasteiger partial charge in [-0.15, -0.1) is 10.2 Å². The minimum atomic E-state index is 0.462. The predicted octanol–water partition coefficient (Wildman–Crippen LogP) is 3.91. The van der Waals surface area contributed by atoms with Crippen LogP contribution in [0.2, 0.25) is 0 Å². The molecule has 1 N–H and O–H groups in total. The Bertz CT molecular complexity index is 1100. The van der Waals surface area contributed by atoms with Crippen molar-refractivity contribution >= 4 is 5.69 Å². The minimum absolute atomic E-state index is 0.462. The zero-order chi connectivity index (χ0) is 19.5. The molecule has 0 spiro atoms. The fourth-order valence-corrected chi connectivity index (χ4v) is 3.09. The number of benzene rings is 2. The molecule has 7 nitrogen and oxygen atoms in total. The summed E-state index contributed by atoms with van der Waals surface area (Å²) in [5.41, 5.74) is 4.20. The lowest BCUT2D eigenvalue weighted by molar-refractivity contribution is 0.514. The number of hydrogen-bond acceptors (Lipinski definition) is 6. The van der Waals surface area contributed by atoms with Crippen LogP contribution in [0, 0.1) is 20.8 Å². The van der Waals surface area contributed by atoms with E-state index >= 15 is 0 Å². The average molecular weight is 374 g/mol. The molecule has 2 aromatic carbocycles. The van der Waals surface area contributed by atoms with Crippen molar-refractivity contribution in [1.82, 2.24) is 25.0 Å². The molecule has 0 unspecified atom stereocenters. The lowest BCUT2D eigenvalue weighted by atomic mass is 10.1. The Balaban J connectivity index is 1.43. The van der Waals surface area contributed by atoms with Crippen LogP contribution >= 0.6 is 0 Å². The zero-order valence-corrected chi connectivity index (χ0v) is 16.2. The SMILES string of the molecule is Cc1nc(C)n(Cc2cccc(NCc3nnc(-c4ccccc4C)o3)c2)n1. The van der Waals surface area contributed by atoms with Gasteiger partial charge in [0.15, 0.2) is 0 Å². The van der Waals surface area contributed by atoms with Gasteiger partial charge in [0.1, 0.15) is 11.6 Å². The van der Waals surface area contributed by atoms with E-state index < -0.39 is 0 Å². The number of rotatable bonds is 6. The van der Waals surface area contributed by atoms with E-state index in [2.05, 4.69) is 37.7 Å². The van der Waals surface area contributed by atoms with Gasteiger partial charge in [-0.3, -0.25) is 0 Å².